The molecule has 0 saturated carbocycles. The Morgan fingerprint density at radius 2 is 2.25 bits per heavy atom. The third-order valence-electron chi connectivity index (χ3n) is 1.35. The number of ether oxygens (including phenoxy) is 1. The van der Waals surface area contributed by atoms with Gasteiger partial charge >= 0.3 is 0 Å². The highest BCUT2D eigenvalue weighted by Gasteiger charge is 2.17. The molecule has 0 atom stereocenters. The number of hydrogen-bond donors (Lipinski definition) is 0. The van der Waals surface area contributed by atoms with Gasteiger partial charge in [-0.3, -0.25) is 0 Å². The molecule has 0 amide bonds. The number of rotatable bonds is 3. The Balaban J connectivity index is 2.85. The van der Waals surface area contributed by atoms with Gasteiger partial charge in [0.15, 0.2) is 0 Å². The molecular weight excluding hydrogens is 168 g/mol. The van der Waals surface area contributed by atoms with E-state index in [4.69, 9.17) is 4.42 Å². The molecule has 1 heterocycles. The number of halogens is 2. The fourth-order valence-electron chi connectivity index (χ4n) is 0.853. The zero-order valence-corrected chi connectivity index (χ0v) is 6.80. The van der Waals surface area contributed by atoms with Gasteiger partial charge < -0.3 is 9.15 Å². The first-order valence-corrected chi connectivity index (χ1v) is 3.38. The van der Waals surface area contributed by atoms with Crippen LogP contribution in [0, 0.1) is 6.92 Å². The van der Waals surface area contributed by atoms with Crippen molar-refractivity contribution in [2.24, 2.45) is 0 Å². The number of hydrogen-bond acceptors (Lipinski definition) is 3. The maximum atomic E-state index is 12.1. The van der Waals surface area contributed by atoms with Crippen LogP contribution in [0.15, 0.2) is 4.42 Å². The van der Waals surface area contributed by atoms with E-state index in [0.29, 0.717) is 0 Å². The molecule has 1 rings (SSSR count). The summed E-state index contributed by atoms with van der Waals surface area (Å²) >= 11 is 0. The lowest BCUT2D eigenvalue weighted by Gasteiger charge is -1.90. The molecule has 68 valence electrons. The van der Waals surface area contributed by atoms with Crippen LogP contribution in [0.25, 0.3) is 0 Å². The topological polar surface area (TPSA) is 35.3 Å². The van der Waals surface area contributed by atoms with Crippen LogP contribution >= 0.6 is 0 Å². The van der Waals surface area contributed by atoms with Crippen LogP contribution in [0.3, 0.4) is 0 Å². The minimum absolute atomic E-state index is 0.119. The van der Waals surface area contributed by atoms with Gasteiger partial charge in [-0.25, -0.2) is 13.8 Å². The second kappa shape index (κ2) is 3.62. The quantitative estimate of drug-likeness (QED) is 0.708. The van der Waals surface area contributed by atoms with Crippen LogP contribution < -0.4 is 0 Å². The van der Waals surface area contributed by atoms with E-state index in [1.165, 1.54) is 14.0 Å². The molecule has 0 saturated heterocycles. The molecule has 1 aromatic heterocycles. The van der Waals surface area contributed by atoms with Crippen molar-refractivity contribution in [1.29, 1.82) is 0 Å². The number of alkyl halides is 2. The summed E-state index contributed by atoms with van der Waals surface area (Å²) in [6, 6.07) is 0. The van der Waals surface area contributed by atoms with Crippen molar-refractivity contribution in [2.75, 3.05) is 7.11 Å². The highest BCUT2D eigenvalue weighted by atomic mass is 19.3. The maximum Gasteiger partial charge on any atom is 0.283 e. The monoisotopic (exact) mass is 177 g/mol. The average molecular weight is 177 g/mol. The summed E-state index contributed by atoms with van der Waals surface area (Å²) in [5.41, 5.74) is -0.304. The third kappa shape index (κ3) is 1.79. The molecule has 5 heteroatoms. The van der Waals surface area contributed by atoms with Crippen molar-refractivity contribution in [1.82, 2.24) is 4.98 Å². The smallest absolute Gasteiger partial charge is 0.283 e. The predicted octanol–water partition coefficient (Wildman–Crippen LogP) is 2.07. The van der Waals surface area contributed by atoms with Crippen LogP contribution in [-0.4, -0.2) is 12.1 Å². The number of nitrogens with zero attached hydrogens (tertiary/aromatic N) is 1. The Hall–Kier alpha value is -0.970. The highest BCUT2D eigenvalue weighted by molar-refractivity contribution is 5.08. The van der Waals surface area contributed by atoms with E-state index in [0.717, 1.165) is 0 Å². The van der Waals surface area contributed by atoms with Gasteiger partial charge in [0, 0.05) is 7.11 Å². The lowest BCUT2D eigenvalue weighted by molar-refractivity contribution is 0.144. The van der Waals surface area contributed by atoms with Gasteiger partial charge in [-0.15, -0.1) is 0 Å². The molecule has 0 N–H and O–H groups in total. The van der Waals surface area contributed by atoms with Crippen molar-refractivity contribution in [2.45, 2.75) is 20.0 Å². The van der Waals surface area contributed by atoms with Crippen molar-refractivity contribution >= 4 is 0 Å². The number of aryl methyl sites for hydroxylation is 1. The van der Waals surface area contributed by atoms with E-state index in [9.17, 15) is 8.78 Å². The second-order valence-corrected chi connectivity index (χ2v) is 2.28. The largest absolute Gasteiger partial charge is 0.443 e. The molecular formula is C7H9F2NO2. The second-order valence-electron chi connectivity index (χ2n) is 2.28. The molecule has 1 aromatic rings. The molecule has 0 aliphatic carbocycles. The van der Waals surface area contributed by atoms with E-state index < -0.39 is 6.43 Å². The average Bonchev–Trinajstić information content (AvgIpc) is 2.32. The van der Waals surface area contributed by atoms with Gasteiger partial charge in [-0.05, 0) is 6.92 Å². The van der Waals surface area contributed by atoms with Crippen LogP contribution in [0.4, 0.5) is 8.78 Å². The molecule has 3 nitrogen and oxygen atoms in total. The molecule has 0 unspecified atom stereocenters. The fraction of sp³-hybridized carbons (Fsp3) is 0.571. The summed E-state index contributed by atoms with van der Waals surface area (Å²) in [7, 11) is 1.45. The molecule has 0 aliphatic rings. The Labute approximate surface area is 68.3 Å². The fourth-order valence-corrected chi connectivity index (χ4v) is 0.853. The van der Waals surface area contributed by atoms with E-state index >= 15 is 0 Å². The molecule has 0 spiro atoms. The summed E-state index contributed by atoms with van der Waals surface area (Å²) in [4.78, 5) is 3.56. The highest BCUT2D eigenvalue weighted by Crippen LogP contribution is 2.22. The zero-order chi connectivity index (χ0) is 9.14. The summed E-state index contributed by atoms with van der Waals surface area (Å²) in [5, 5.41) is 0. The standard InChI is InChI=1S/C7H9F2NO2/c1-4-6(7(8)9)10-5(12-4)3-11-2/h7H,3H2,1-2H3. The Bertz CT molecular complexity index is 260. The maximum absolute atomic E-state index is 12.1. The molecule has 12 heavy (non-hydrogen) atoms. The number of methoxy groups -OCH3 is 1. The molecule has 0 fully saturated rings. The Morgan fingerprint density at radius 1 is 1.58 bits per heavy atom. The summed E-state index contributed by atoms with van der Waals surface area (Å²) in [5.74, 6) is 0.336. The summed E-state index contributed by atoms with van der Waals surface area (Å²) < 4.78 is 33.8. The van der Waals surface area contributed by atoms with Gasteiger partial charge in [0.2, 0.25) is 5.89 Å². The van der Waals surface area contributed by atoms with Gasteiger partial charge in [-0.1, -0.05) is 0 Å². The first kappa shape index (κ1) is 9.12. The predicted molar refractivity (Wildman–Crippen MR) is 36.9 cm³/mol. The van der Waals surface area contributed by atoms with Gasteiger partial charge in [0.05, 0.1) is 0 Å². The Kier molecular flexibility index (Phi) is 2.75. The number of aromatic nitrogens is 1. The van der Waals surface area contributed by atoms with Gasteiger partial charge in [-0.2, -0.15) is 0 Å². The van der Waals surface area contributed by atoms with E-state index in [1.807, 2.05) is 0 Å². The van der Waals surface area contributed by atoms with Gasteiger partial charge in [0.1, 0.15) is 18.1 Å². The van der Waals surface area contributed by atoms with E-state index in [-0.39, 0.29) is 24.0 Å². The van der Waals surface area contributed by atoms with Crippen molar-refractivity contribution in [3.63, 3.8) is 0 Å². The summed E-state index contributed by atoms with van der Waals surface area (Å²) in [6.07, 6.45) is -2.58. The van der Waals surface area contributed by atoms with Crippen LogP contribution in [-0.2, 0) is 11.3 Å². The van der Waals surface area contributed by atoms with Crippen molar-refractivity contribution < 1.29 is 17.9 Å². The van der Waals surface area contributed by atoms with Crippen molar-refractivity contribution in [3.05, 3.63) is 17.3 Å². The lowest BCUT2D eigenvalue weighted by atomic mass is 10.4. The van der Waals surface area contributed by atoms with Crippen molar-refractivity contribution in [3.8, 4) is 0 Å². The molecule has 0 aliphatic heterocycles. The van der Waals surface area contributed by atoms with Crippen LogP contribution in [0.5, 0.6) is 0 Å². The minimum atomic E-state index is -2.58. The molecule has 0 bridgehead atoms. The summed E-state index contributed by atoms with van der Waals surface area (Å²) in [6.45, 7) is 1.57. The minimum Gasteiger partial charge on any atom is -0.443 e. The van der Waals surface area contributed by atoms with Gasteiger partial charge in [0.25, 0.3) is 6.43 Å². The first-order chi connectivity index (χ1) is 5.65. The van der Waals surface area contributed by atoms with E-state index in [1.54, 1.807) is 0 Å². The van der Waals surface area contributed by atoms with Crippen LogP contribution in [0.2, 0.25) is 0 Å². The Morgan fingerprint density at radius 3 is 2.67 bits per heavy atom. The zero-order valence-electron chi connectivity index (χ0n) is 6.80. The normalized spacial score (nSPS) is 11.1. The van der Waals surface area contributed by atoms with Crippen LogP contribution in [0.1, 0.15) is 23.8 Å². The van der Waals surface area contributed by atoms with E-state index in [2.05, 4.69) is 9.72 Å². The first-order valence-electron chi connectivity index (χ1n) is 3.38. The molecule has 0 radical (unpaired) electrons. The lowest BCUT2D eigenvalue weighted by Crippen LogP contribution is -1.89. The molecule has 0 aromatic carbocycles. The number of oxazole rings is 1. The SMILES string of the molecule is COCc1nc(C(F)F)c(C)o1. The third-order valence-corrected chi connectivity index (χ3v) is 1.35.